The van der Waals surface area contributed by atoms with E-state index in [1.54, 1.807) is 6.20 Å². The summed E-state index contributed by atoms with van der Waals surface area (Å²) in [4.78, 5) is 15.1. The molecule has 1 aromatic carbocycles. The molecule has 0 fully saturated rings. The third kappa shape index (κ3) is 2.38. The lowest BCUT2D eigenvalue weighted by molar-refractivity contribution is 0.0686. The number of rotatable bonds is 3. The van der Waals surface area contributed by atoms with Gasteiger partial charge in [0.2, 0.25) is 0 Å². The summed E-state index contributed by atoms with van der Waals surface area (Å²) < 4.78 is 5.09. The van der Waals surface area contributed by atoms with Gasteiger partial charge in [-0.05, 0) is 22.9 Å². The molecule has 0 bridgehead atoms. The standard InChI is InChI=1S/C16H14N2O3/c1-9(2)13-8-17-7-11-5-10(3-4-12(11)13)15-6-14(16(19)20)18-21-15/h3-9H,1-2H3,(H,19,20). The molecule has 5 nitrogen and oxygen atoms in total. The van der Waals surface area contributed by atoms with E-state index < -0.39 is 5.97 Å². The van der Waals surface area contributed by atoms with Gasteiger partial charge in [-0.1, -0.05) is 31.1 Å². The average molecular weight is 282 g/mol. The van der Waals surface area contributed by atoms with Crippen molar-refractivity contribution in [3.8, 4) is 11.3 Å². The van der Waals surface area contributed by atoms with Gasteiger partial charge in [0.15, 0.2) is 11.5 Å². The first-order chi connectivity index (χ1) is 10.1. The van der Waals surface area contributed by atoms with Crippen LogP contribution >= 0.6 is 0 Å². The molecule has 3 aromatic rings. The first-order valence-electron chi connectivity index (χ1n) is 6.64. The Morgan fingerprint density at radius 1 is 1.24 bits per heavy atom. The van der Waals surface area contributed by atoms with E-state index in [9.17, 15) is 4.79 Å². The smallest absolute Gasteiger partial charge is 0.358 e. The van der Waals surface area contributed by atoms with Crippen molar-refractivity contribution in [3.63, 3.8) is 0 Å². The number of carboxylic acids is 1. The SMILES string of the molecule is CC(C)c1cncc2cc(-c3cc(C(=O)O)no3)ccc12. The number of hydrogen-bond donors (Lipinski definition) is 1. The molecule has 2 aromatic heterocycles. The number of nitrogens with zero attached hydrogens (tertiary/aromatic N) is 2. The fourth-order valence-corrected chi connectivity index (χ4v) is 2.33. The minimum atomic E-state index is -1.10. The highest BCUT2D eigenvalue weighted by atomic mass is 16.5. The van der Waals surface area contributed by atoms with Gasteiger partial charge in [0, 0.05) is 29.4 Å². The maximum absolute atomic E-state index is 10.8. The summed E-state index contributed by atoms with van der Waals surface area (Å²) in [5.41, 5.74) is 1.87. The van der Waals surface area contributed by atoms with Crippen molar-refractivity contribution in [2.75, 3.05) is 0 Å². The summed E-state index contributed by atoms with van der Waals surface area (Å²) in [6.07, 6.45) is 3.67. The number of benzene rings is 1. The van der Waals surface area contributed by atoms with Gasteiger partial charge in [-0.25, -0.2) is 4.79 Å². The molecule has 0 radical (unpaired) electrons. The van der Waals surface area contributed by atoms with Gasteiger partial charge in [0.1, 0.15) is 0 Å². The van der Waals surface area contributed by atoms with Crippen molar-refractivity contribution in [2.45, 2.75) is 19.8 Å². The lowest BCUT2D eigenvalue weighted by Gasteiger charge is -2.09. The van der Waals surface area contributed by atoms with Crippen LogP contribution in [0.2, 0.25) is 0 Å². The normalized spacial score (nSPS) is 11.2. The zero-order valence-corrected chi connectivity index (χ0v) is 11.7. The van der Waals surface area contributed by atoms with Crippen LogP contribution in [0.3, 0.4) is 0 Å². The predicted octanol–water partition coefficient (Wildman–Crippen LogP) is 3.71. The van der Waals surface area contributed by atoms with Crippen LogP contribution in [0.25, 0.3) is 22.1 Å². The maximum atomic E-state index is 10.8. The molecule has 0 aliphatic carbocycles. The Hall–Kier alpha value is -2.69. The molecule has 0 unspecified atom stereocenters. The number of carbonyl (C=O) groups is 1. The maximum Gasteiger partial charge on any atom is 0.358 e. The number of aromatic nitrogens is 2. The second kappa shape index (κ2) is 5.01. The molecule has 0 spiro atoms. The van der Waals surface area contributed by atoms with Gasteiger partial charge in [0.25, 0.3) is 0 Å². The van der Waals surface area contributed by atoms with Crippen LogP contribution < -0.4 is 0 Å². The molecule has 106 valence electrons. The van der Waals surface area contributed by atoms with E-state index >= 15 is 0 Å². The van der Waals surface area contributed by atoms with Gasteiger partial charge < -0.3 is 9.63 Å². The number of aromatic carboxylic acids is 1. The van der Waals surface area contributed by atoms with E-state index in [1.165, 1.54) is 11.6 Å². The molecule has 21 heavy (non-hydrogen) atoms. The minimum absolute atomic E-state index is 0.0980. The second-order valence-electron chi connectivity index (χ2n) is 5.20. The zero-order valence-electron chi connectivity index (χ0n) is 11.7. The fraction of sp³-hybridized carbons (Fsp3) is 0.188. The first-order valence-corrected chi connectivity index (χ1v) is 6.64. The van der Waals surface area contributed by atoms with E-state index in [1.807, 2.05) is 24.4 Å². The Balaban J connectivity index is 2.10. The number of carboxylic acid groups (broad SMARTS) is 1. The van der Waals surface area contributed by atoms with Crippen molar-refractivity contribution in [2.24, 2.45) is 0 Å². The van der Waals surface area contributed by atoms with Gasteiger partial charge in [-0.3, -0.25) is 4.98 Å². The van der Waals surface area contributed by atoms with Crippen LogP contribution in [-0.4, -0.2) is 21.2 Å². The fourth-order valence-electron chi connectivity index (χ4n) is 2.33. The summed E-state index contributed by atoms with van der Waals surface area (Å²) in [6.45, 7) is 4.25. The molecule has 2 heterocycles. The minimum Gasteiger partial charge on any atom is -0.476 e. The van der Waals surface area contributed by atoms with Gasteiger partial charge >= 0.3 is 5.97 Å². The van der Waals surface area contributed by atoms with Crippen molar-refractivity contribution < 1.29 is 14.4 Å². The van der Waals surface area contributed by atoms with Crippen molar-refractivity contribution in [3.05, 3.63) is 47.9 Å². The van der Waals surface area contributed by atoms with Gasteiger partial charge in [-0.15, -0.1) is 0 Å². The average Bonchev–Trinajstić information content (AvgIpc) is 2.96. The molecule has 0 saturated heterocycles. The third-order valence-electron chi connectivity index (χ3n) is 3.43. The lowest BCUT2D eigenvalue weighted by atomic mass is 9.97. The highest BCUT2D eigenvalue weighted by Gasteiger charge is 2.13. The summed E-state index contributed by atoms with van der Waals surface area (Å²) in [5.74, 6) is -0.283. The Bertz CT molecular complexity index is 821. The van der Waals surface area contributed by atoms with E-state index in [-0.39, 0.29) is 5.69 Å². The van der Waals surface area contributed by atoms with Crippen molar-refractivity contribution in [1.29, 1.82) is 0 Å². The molecule has 0 amide bonds. The van der Waals surface area contributed by atoms with Crippen LogP contribution in [-0.2, 0) is 0 Å². The molecule has 0 atom stereocenters. The van der Waals surface area contributed by atoms with Gasteiger partial charge in [-0.2, -0.15) is 0 Å². The highest BCUT2D eigenvalue weighted by Crippen LogP contribution is 2.29. The molecule has 0 aliphatic heterocycles. The molecule has 5 heteroatoms. The number of pyridine rings is 1. The third-order valence-corrected chi connectivity index (χ3v) is 3.43. The molecule has 1 N–H and O–H groups in total. The van der Waals surface area contributed by atoms with E-state index in [4.69, 9.17) is 9.63 Å². The van der Waals surface area contributed by atoms with Crippen molar-refractivity contribution in [1.82, 2.24) is 10.1 Å². The Kier molecular flexibility index (Phi) is 3.17. The number of fused-ring (bicyclic) bond motifs is 1. The quantitative estimate of drug-likeness (QED) is 0.792. The second-order valence-corrected chi connectivity index (χ2v) is 5.20. The van der Waals surface area contributed by atoms with E-state index in [0.717, 1.165) is 16.3 Å². The summed E-state index contributed by atoms with van der Waals surface area (Å²) in [6, 6.07) is 7.26. The summed E-state index contributed by atoms with van der Waals surface area (Å²) in [7, 11) is 0. The lowest BCUT2D eigenvalue weighted by Crippen LogP contribution is -1.94. The van der Waals surface area contributed by atoms with Crippen molar-refractivity contribution >= 4 is 16.7 Å². The van der Waals surface area contributed by atoms with Crippen LogP contribution in [0.1, 0.15) is 35.8 Å². The molecule has 0 aliphatic rings. The first kappa shape index (κ1) is 13.3. The zero-order chi connectivity index (χ0) is 15.0. The molecule has 0 saturated carbocycles. The Labute approximate surface area is 121 Å². The Morgan fingerprint density at radius 3 is 2.71 bits per heavy atom. The largest absolute Gasteiger partial charge is 0.476 e. The van der Waals surface area contributed by atoms with E-state index in [2.05, 4.69) is 24.0 Å². The summed E-state index contributed by atoms with van der Waals surface area (Å²) in [5, 5.41) is 14.5. The van der Waals surface area contributed by atoms with Crippen LogP contribution in [0.15, 0.2) is 41.2 Å². The number of hydrogen-bond acceptors (Lipinski definition) is 4. The van der Waals surface area contributed by atoms with E-state index in [0.29, 0.717) is 11.7 Å². The summed E-state index contributed by atoms with van der Waals surface area (Å²) >= 11 is 0. The van der Waals surface area contributed by atoms with Crippen LogP contribution in [0, 0.1) is 0 Å². The molecular formula is C16H14N2O3. The van der Waals surface area contributed by atoms with Crippen LogP contribution in [0.4, 0.5) is 0 Å². The van der Waals surface area contributed by atoms with Crippen LogP contribution in [0.5, 0.6) is 0 Å². The topological polar surface area (TPSA) is 76.2 Å². The highest BCUT2D eigenvalue weighted by molar-refractivity contribution is 5.90. The molecular weight excluding hydrogens is 268 g/mol. The Morgan fingerprint density at radius 2 is 2.05 bits per heavy atom. The van der Waals surface area contributed by atoms with Gasteiger partial charge in [0.05, 0.1) is 0 Å². The monoisotopic (exact) mass is 282 g/mol. The molecule has 3 rings (SSSR count). The predicted molar refractivity (Wildman–Crippen MR) is 78.3 cm³/mol.